The molecule has 3 nitrogen and oxygen atoms in total. The quantitative estimate of drug-likeness (QED) is 0.850. The first-order valence-electron chi connectivity index (χ1n) is 5.59. The number of hydrogen-bond acceptors (Lipinski definition) is 2. The second-order valence-electron chi connectivity index (χ2n) is 4.27. The lowest BCUT2D eigenvalue weighted by Crippen LogP contribution is -2.28. The van der Waals surface area contributed by atoms with E-state index < -0.39 is 5.97 Å². The van der Waals surface area contributed by atoms with Gasteiger partial charge in [0.2, 0.25) is 0 Å². The molecule has 3 atom stereocenters. The average molecular weight is 220 g/mol. The summed E-state index contributed by atoms with van der Waals surface area (Å²) < 4.78 is 5.56. The molecule has 0 aliphatic carbocycles. The van der Waals surface area contributed by atoms with Gasteiger partial charge < -0.3 is 9.84 Å². The van der Waals surface area contributed by atoms with Crippen LogP contribution in [0.5, 0.6) is 0 Å². The van der Waals surface area contributed by atoms with Gasteiger partial charge >= 0.3 is 5.97 Å². The summed E-state index contributed by atoms with van der Waals surface area (Å²) in [5, 5.41) is 9.10. The van der Waals surface area contributed by atoms with Gasteiger partial charge in [-0.3, -0.25) is 4.79 Å². The minimum atomic E-state index is -0.745. The summed E-state index contributed by atoms with van der Waals surface area (Å²) in [5.41, 5.74) is 1.14. The first-order valence-corrected chi connectivity index (χ1v) is 5.59. The number of carboxylic acids is 1. The summed E-state index contributed by atoms with van der Waals surface area (Å²) in [6.07, 6.45) is 0.428. The normalized spacial score (nSPS) is 26.6. The Morgan fingerprint density at radius 2 is 2.12 bits per heavy atom. The van der Waals surface area contributed by atoms with Gasteiger partial charge in [0, 0.05) is 12.5 Å². The van der Waals surface area contributed by atoms with E-state index in [1.807, 2.05) is 37.3 Å². The van der Waals surface area contributed by atoms with Crippen molar-refractivity contribution in [1.29, 1.82) is 0 Å². The van der Waals surface area contributed by atoms with Crippen LogP contribution in [0.25, 0.3) is 0 Å². The van der Waals surface area contributed by atoms with Crippen LogP contribution in [0.15, 0.2) is 30.3 Å². The molecule has 1 aliphatic heterocycles. The van der Waals surface area contributed by atoms with Crippen LogP contribution in [-0.4, -0.2) is 23.8 Å². The molecule has 1 saturated heterocycles. The van der Waals surface area contributed by atoms with Crippen molar-refractivity contribution in [3.05, 3.63) is 35.9 Å². The Morgan fingerprint density at radius 1 is 1.44 bits per heavy atom. The molecule has 3 heteroatoms. The Morgan fingerprint density at radius 3 is 2.75 bits per heavy atom. The van der Waals surface area contributed by atoms with Crippen molar-refractivity contribution in [1.82, 2.24) is 0 Å². The summed E-state index contributed by atoms with van der Waals surface area (Å²) in [4.78, 5) is 11.1. The van der Waals surface area contributed by atoms with Crippen molar-refractivity contribution in [3.8, 4) is 0 Å². The first-order chi connectivity index (χ1) is 7.70. The topological polar surface area (TPSA) is 46.5 Å². The lowest BCUT2D eigenvalue weighted by molar-refractivity contribution is -0.143. The fourth-order valence-electron chi connectivity index (χ4n) is 2.31. The molecule has 1 aromatic carbocycles. The predicted octanol–water partition coefficient (Wildman–Crippen LogP) is 2.28. The van der Waals surface area contributed by atoms with Gasteiger partial charge in [-0.1, -0.05) is 37.3 Å². The van der Waals surface area contributed by atoms with E-state index in [2.05, 4.69) is 0 Å². The van der Waals surface area contributed by atoms with Crippen LogP contribution in [0.1, 0.15) is 24.8 Å². The Hall–Kier alpha value is -1.35. The lowest BCUT2D eigenvalue weighted by atomic mass is 9.87. The highest BCUT2D eigenvalue weighted by molar-refractivity contribution is 5.71. The minimum Gasteiger partial charge on any atom is -0.481 e. The van der Waals surface area contributed by atoms with Gasteiger partial charge in [-0.25, -0.2) is 0 Å². The lowest BCUT2D eigenvalue weighted by Gasteiger charge is -2.22. The van der Waals surface area contributed by atoms with E-state index >= 15 is 0 Å². The SMILES string of the molecule is CC(c1ccccc1)C1OCCC1C(=O)O. The van der Waals surface area contributed by atoms with Crippen LogP contribution in [0.4, 0.5) is 0 Å². The zero-order chi connectivity index (χ0) is 11.5. The van der Waals surface area contributed by atoms with Crippen LogP contribution in [0.3, 0.4) is 0 Å². The summed E-state index contributed by atoms with van der Waals surface area (Å²) in [5.74, 6) is -0.981. The molecule has 3 unspecified atom stereocenters. The van der Waals surface area contributed by atoms with E-state index in [4.69, 9.17) is 9.84 Å². The van der Waals surface area contributed by atoms with Gasteiger partial charge in [0.25, 0.3) is 0 Å². The highest BCUT2D eigenvalue weighted by atomic mass is 16.5. The number of carbonyl (C=O) groups is 1. The predicted molar refractivity (Wildman–Crippen MR) is 60.3 cm³/mol. The van der Waals surface area contributed by atoms with Gasteiger partial charge in [0.05, 0.1) is 12.0 Å². The Bertz CT molecular complexity index is 361. The Labute approximate surface area is 95.0 Å². The first kappa shape index (κ1) is 11.1. The van der Waals surface area contributed by atoms with E-state index in [9.17, 15) is 4.79 Å². The van der Waals surface area contributed by atoms with Gasteiger partial charge in [-0.2, -0.15) is 0 Å². The highest BCUT2D eigenvalue weighted by Crippen LogP contribution is 2.32. The molecule has 2 rings (SSSR count). The standard InChI is InChI=1S/C13H16O3/c1-9(10-5-3-2-4-6-10)12-11(13(14)15)7-8-16-12/h2-6,9,11-12H,7-8H2,1H3,(H,14,15). The average Bonchev–Trinajstić information content (AvgIpc) is 2.78. The zero-order valence-corrected chi connectivity index (χ0v) is 9.30. The zero-order valence-electron chi connectivity index (χ0n) is 9.30. The molecule has 0 aromatic heterocycles. The van der Waals surface area contributed by atoms with Crippen molar-refractivity contribution in [2.24, 2.45) is 5.92 Å². The van der Waals surface area contributed by atoms with Crippen LogP contribution in [-0.2, 0) is 9.53 Å². The summed E-state index contributed by atoms with van der Waals surface area (Å²) in [6, 6.07) is 9.93. The number of rotatable bonds is 3. The van der Waals surface area contributed by atoms with E-state index in [1.165, 1.54) is 0 Å². The third kappa shape index (κ3) is 2.09. The molecule has 1 fully saturated rings. The number of hydrogen-bond donors (Lipinski definition) is 1. The third-order valence-electron chi connectivity index (χ3n) is 3.27. The monoisotopic (exact) mass is 220 g/mol. The van der Waals surface area contributed by atoms with Crippen molar-refractivity contribution >= 4 is 5.97 Å². The van der Waals surface area contributed by atoms with E-state index in [1.54, 1.807) is 0 Å². The van der Waals surface area contributed by atoms with E-state index in [0.717, 1.165) is 5.56 Å². The van der Waals surface area contributed by atoms with Crippen molar-refractivity contribution in [2.75, 3.05) is 6.61 Å². The largest absolute Gasteiger partial charge is 0.481 e. The Kier molecular flexibility index (Phi) is 3.25. The number of aliphatic carboxylic acids is 1. The van der Waals surface area contributed by atoms with Gasteiger partial charge in [0.1, 0.15) is 0 Å². The van der Waals surface area contributed by atoms with E-state index in [-0.39, 0.29) is 17.9 Å². The Balaban J connectivity index is 2.15. The fourth-order valence-corrected chi connectivity index (χ4v) is 2.31. The smallest absolute Gasteiger partial charge is 0.309 e. The molecular weight excluding hydrogens is 204 g/mol. The minimum absolute atomic E-state index is 0.129. The fraction of sp³-hybridized carbons (Fsp3) is 0.462. The molecule has 16 heavy (non-hydrogen) atoms. The van der Waals surface area contributed by atoms with Gasteiger partial charge in [-0.05, 0) is 12.0 Å². The molecule has 1 aromatic rings. The molecular formula is C13H16O3. The second kappa shape index (κ2) is 4.66. The summed E-state index contributed by atoms with van der Waals surface area (Å²) in [7, 11) is 0. The maximum absolute atomic E-state index is 11.1. The molecule has 0 saturated carbocycles. The maximum Gasteiger partial charge on any atom is 0.309 e. The van der Waals surface area contributed by atoms with Crippen molar-refractivity contribution in [2.45, 2.75) is 25.4 Å². The molecule has 1 aliphatic rings. The molecule has 0 bridgehead atoms. The highest BCUT2D eigenvalue weighted by Gasteiger charge is 2.37. The molecule has 1 heterocycles. The summed E-state index contributed by atoms with van der Waals surface area (Å²) >= 11 is 0. The van der Waals surface area contributed by atoms with Crippen LogP contribution in [0, 0.1) is 5.92 Å². The molecule has 1 N–H and O–H groups in total. The van der Waals surface area contributed by atoms with Gasteiger partial charge in [0.15, 0.2) is 0 Å². The number of benzene rings is 1. The molecule has 0 radical (unpaired) electrons. The molecule has 0 amide bonds. The van der Waals surface area contributed by atoms with Crippen LogP contribution in [0.2, 0.25) is 0 Å². The van der Waals surface area contributed by atoms with E-state index in [0.29, 0.717) is 13.0 Å². The number of ether oxygens (including phenoxy) is 1. The summed E-state index contributed by atoms with van der Waals surface area (Å²) in [6.45, 7) is 2.58. The van der Waals surface area contributed by atoms with Crippen molar-refractivity contribution < 1.29 is 14.6 Å². The van der Waals surface area contributed by atoms with Gasteiger partial charge in [-0.15, -0.1) is 0 Å². The maximum atomic E-state index is 11.1. The second-order valence-corrected chi connectivity index (χ2v) is 4.27. The van der Waals surface area contributed by atoms with Crippen LogP contribution < -0.4 is 0 Å². The molecule has 0 spiro atoms. The van der Waals surface area contributed by atoms with Crippen molar-refractivity contribution in [3.63, 3.8) is 0 Å². The number of carboxylic acid groups (broad SMARTS) is 1. The van der Waals surface area contributed by atoms with Crippen LogP contribution >= 0.6 is 0 Å². The molecule has 86 valence electrons. The third-order valence-corrected chi connectivity index (χ3v) is 3.27.